The Morgan fingerprint density at radius 1 is 1.10 bits per heavy atom. The number of hydrogen-bond donors (Lipinski definition) is 1. The Hall–Kier alpha value is -3.56. The molecule has 0 atom stereocenters. The molecule has 0 saturated carbocycles. The predicted octanol–water partition coefficient (Wildman–Crippen LogP) is 2.84. The molecule has 3 rings (SSSR count). The van der Waals surface area contributed by atoms with E-state index in [0.29, 0.717) is 11.4 Å². The van der Waals surface area contributed by atoms with E-state index in [9.17, 15) is 27.6 Å². The molecule has 2 aromatic rings. The maximum atomic E-state index is 12.6. The number of fused-ring (bicyclic) bond motifs is 1. The topological polar surface area (TPSA) is 90.9 Å². The van der Waals surface area contributed by atoms with E-state index in [1.54, 1.807) is 0 Å². The van der Waals surface area contributed by atoms with Gasteiger partial charge in [0.15, 0.2) is 25.6 Å². The van der Waals surface area contributed by atoms with Gasteiger partial charge in [0.1, 0.15) is 11.5 Å². The number of amides is 1. The van der Waals surface area contributed by atoms with E-state index in [-0.39, 0.29) is 23.8 Å². The molecular weight excluding hydrogens is 395 g/mol. The van der Waals surface area contributed by atoms with E-state index in [1.165, 1.54) is 24.3 Å². The van der Waals surface area contributed by atoms with Gasteiger partial charge in [-0.05, 0) is 36.4 Å². The zero-order chi connectivity index (χ0) is 21.0. The first-order chi connectivity index (χ1) is 13.7. The maximum Gasteiger partial charge on any atom is 0.416 e. The van der Waals surface area contributed by atoms with Crippen LogP contribution in [-0.2, 0) is 20.5 Å². The van der Waals surface area contributed by atoms with Gasteiger partial charge in [0, 0.05) is 5.56 Å². The van der Waals surface area contributed by atoms with Crippen LogP contribution in [0.5, 0.6) is 11.5 Å². The Morgan fingerprint density at radius 2 is 1.90 bits per heavy atom. The van der Waals surface area contributed by atoms with Crippen molar-refractivity contribution in [1.29, 1.82) is 0 Å². The molecule has 152 valence electrons. The number of anilines is 1. The molecule has 0 aliphatic carbocycles. The lowest BCUT2D eigenvalue weighted by atomic mass is 10.1. The lowest BCUT2D eigenvalue weighted by molar-refractivity contribution is -0.144. The SMILES string of the molecule is O=C1COc2ccc(C(=O)COC(=O)COc3cccc(C(F)(F)F)c3)cc2N1. The molecule has 0 saturated heterocycles. The van der Waals surface area contributed by atoms with Crippen molar-refractivity contribution in [2.45, 2.75) is 6.18 Å². The summed E-state index contributed by atoms with van der Waals surface area (Å²) in [6.45, 7) is -1.38. The van der Waals surface area contributed by atoms with Gasteiger partial charge >= 0.3 is 12.1 Å². The number of Topliss-reactive ketones (excluding diaryl/α,β-unsaturated/α-hetero) is 1. The van der Waals surface area contributed by atoms with E-state index >= 15 is 0 Å². The number of alkyl halides is 3. The van der Waals surface area contributed by atoms with Gasteiger partial charge in [-0.2, -0.15) is 13.2 Å². The fraction of sp³-hybridized carbons (Fsp3) is 0.211. The quantitative estimate of drug-likeness (QED) is 0.583. The first-order valence-corrected chi connectivity index (χ1v) is 8.28. The highest BCUT2D eigenvalue weighted by Crippen LogP contribution is 2.31. The monoisotopic (exact) mass is 409 g/mol. The van der Waals surface area contributed by atoms with Crippen LogP contribution < -0.4 is 14.8 Å². The van der Waals surface area contributed by atoms with Crippen LogP contribution in [0.15, 0.2) is 42.5 Å². The van der Waals surface area contributed by atoms with Gasteiger partial charge in [-0.3, -0.25) is 9.59 Å². The highest BCUT2D eigenvalue weighted by Gasteiger charge is 2.30. The minimum absolute atomic E-state index is 0.121. The first-order valence-electron chi connectivity index (χ1n) is 8.28. The first kappa shape index (κ1) is 20.2. The highest BCUT2D eigenvalue weighted by molar-refractivity contribution is 6.01. The summed E-state index contributed by atoms with van der Waals surface area (Å²) >= 11 is 0. The Kier molecular flexibility index (Phi) is 5.71. The number of carbonyl (C=O) groups excluding carboxylic acids is 3. The molecule has 1 aliphatic heterocycles. The lowest BCUT2D eigenvalue weighted by Gasteiger charge is -2.18. The minimum Gasteiger partial charge on any atom is -0.482 e. The highest BCUT2D eigenvalue weighted by atomic mass is 19.4. The zero-order valence-electron chi connectivity index (χ0n) is 14.7. The predicted molar refractivity (Wildman–Crippen MR) is 92.8 cm³/mol. The Balaban J connectivity index is 1.51. The van der Waals surface area contributed by atoms with Crippen molar-refractivity contribution in [3.05, 3.63) is 53.6 Å². The molecule has 1 aliphatic rings. The van der Waals surface area contributed by atoms with Crippen molar-refractivity contribution < 1.29 is 41.8 Å². The van der Waals surface area contributed by atoms with Crippen LogP contribution >= 0.6 is 0 Å². The lowest BCUT2D eigenvalue weighted by Crippen LogP contribution is -2.25. The van der Waals surface area contributed by atoms with Crippen molar-refractivity contribution in [3.8, 4) is 11.5 Å². The largest absolute Gasteiger partial charge is 0.482 e. The van der Waals surface area contributed by atoms with Crippen molar-refractivity contribution in [3.63, 3.8) is 0 Å². The standard InChI is InChI=1S/C19H14F3NO6/c20-19(21,22)12-2-1-3-13(7-12)27-10-18(26)29-8-15(24)11-4-5-16-14(6-11)23-17(25)9-28-16/h1-7H,8-10H2,(H,23,25). The number of ether oxygens (including phenoxy) is 3. The van der Waals surface area contributed by atoms with E-state index < -0.39 is 36.7 Å². The van der Waals surface area contributed by atoms with Crippen LogP contribution in [0.3, 0.4) is 0 Å². The third-order valence-corrected chi connectivity index (χ3v) is 3.82. The summed E-state index contributed by atoms with van der Waals surface area (Å²) in [7, 11) is 0. The average molecular weight is 409 g/mol. The second kappa shape index (κ2) is 8.21. The molecule has 1 N–H and O–H groups in total. The average Bonchev–Trinajstić information content (AvgIpc) is 2.69. The fourth-order valence-electron chi connectivity index (χ4n) is 2.43. The molecule has 2 aromatic carbocycles. The number of esters is 1. The number of halogens is 3. The van der Waals surface area contributed by atoms with Crippen molar-refractivity contribution in [2.24, 2.45) is 0 Å². The van der Waals surface area contributed by atoms with Gasteiger partial charge in [-0.25, -0.2) is 4.79 Å². The summed E-state index contributed by atoms with van der Waals surface area (Å²) in [5.41, 5.74) is -0.408. The van der Waals surface area contributed by atoms with Gasteiger partial charge < -0.3 is 19.5 Å². The summed E-state index contributed by atoms with van der Waals surface area (Å²) in [6.07, 6.45) is -4.54. The van der Waals surface area contributed by atoms with Crippen LogP contribution in [-0.4, -0.2) is 37.5 Å². The molecule has 1 amide bonds. The summed E-state index contributed by atoms with van der Waals surface area (Å²) in [4.78, 5) is 35.2. The molecule has 0 spiro atoms. The summed E-state index contributed by atoms with van der Waals surface area (Å²) in [6, 6.07) is 8.37. The molecule has 1 heterocycles. The van der Waals surface area contributed by atoms with Crippen molar-refractivity contribution in [2.75, 3.05) is 25.1 Å². The van der Waals surface area contributed by atoms with E-state index in [1.807, 2.05) is 0 Å². The molecule has 29 heavy (non-hydrogen) atoms. The number of rotatable bonds is 6. The van der Waals surface area contributed by atoms with Crippen molar-refractivity contribution >= 4 is 23.3 Å². The summed E-state index contributed by atoms with van der Waals surface area (Å²) in [5, 5.41) is 2.55. The Morgan fingerprint density at radius 3 is 2.66 bits per heavy atom. The Labute approximate surface area is 162 Å². The third-order valence-electron chi connectivity index (χ3n) is 3.82. The zero-order valence-corrected chi connectivity index (χ0v) is 14.7. The molecule has 0 aromatic heterocycles. The van der Waals surface area contributed by atoms with E-state index in [4.69, 9.17) is 14.2 Å². The fourth-order valence-corrected chi connectivity index (χ4v) is 2.43. The second-order valence-electron chi connectivity index (χ2n) is 5.95. The number of hydrogen-bond acceptors (Lipinski definition) is 6. The number of benzene rings is 2. The van der Waals surface area contributed by atoms with Crippen LogP contribution in [0.4, 0.5) is 18.9 Å². The smallest absolute Gasteiger partial charge is 0.416 e. The van der Waals surface area contributed by atoms with Crippen molar-refractivity contribution in [1.82, 2.24) is 0 Å². The Bertz CT molecular complexity index is 957. The third kappa shape index (κ3) is 5.24. The second-order valence-corrected chi connectivity index (χ2v) is 5.95. The number of carbonyl (C=O) groups is 3. The molecular formula is C19H14F3NO6. The van der Waals surface area contributed by atoms with Crippen LogP contribution in [0.2, 0.25) is 0 Å². The molecule has 0 radical (unpaired) electrons. The van der Waals surface area contributed by atoms with E-state index in [2.05, 4.69) is 5.32 Å². The summed E-state index contributed by atoms with van der Waals surface area (Å²) in [5.74, 6) is -1.58. The van der Waals surface area contributed by atoms with Crippen LogP contribution in [0.1, 0.15) is 15.9 Å². The molecule has 10 heteroatoms. The summed E-state index contributed by atoms with van der Waals surface area (Å²) < 4.78 is 52.9. The van der Waals surface area contributed by atoms with Crippen LogP contribution in [0.25, 0.3) is 0 Å². The molecule has 0 bridgehead atoms. The molecule has 7 nitrogen and oxygen atoms in total. The molecule has 0 unspecified atom stereocenters. The van der Waals surface area contributed by atoms with Crippen LogP contribution in [0, 0.1) is 0 Å². The van der Waals surface area contributed by atoms with Gasteiger partial charge in [0.25, 0.3) is 5.91 Å². The number of nitrogens with one attached hydrogen (secondary N) is 1. The van der Waals surface area contributed by atoms with Gasteiger partial charge in [0.2, 0.25) is 0 Å². The van der Waals surface area contributed by atoms with Gasteiger partial charge in [-0.15, -0.1) is 0 Å². The van der Waals surface area contributed by atoms with Gasteiger partial charge in [-0.1, -0.05) is 6.07 Å². The molecule has 0 fully saturated rings. The van der Waals surface area contributed by atoms with E-state index in [0.717, 1.165) is 18.2 Å². The minimum atomic E-state index is -4.54. The number of ketones is 1. The van der Waals surface area contributed by atoms with Gasteiger partial charge in [0.05, 0.1) is 11.3 Å². The maximum absolute atomic E-state index is 12.6. The normalized spacial score (nSPS) is 13.0.